The average Bonchev–Trinajstić information content (AvgIpc) is 2.79. The van der Waals surface area contributed by atoms with Crippen molar-refractivity contribution in [3.05, 3.63) is 113 Å². The molecule has 1 atom stereocenters. The summed E-state index contributed by atoms with van der Waals surface area (Å²) in [6, 6.07) is 28.0. The Morgan fingerprint density at radius 2 is 1.45 bits per heavy atom. The molecule has 1 amide bonds. The molecule has 0 bridgehead atoms. The zero-order valence-corrected chi connectivity index (χ0v) is 17.2. The van der Waals surface area contributed by atoms with Crippen LogP contribution >= 0.6 is 0 Å². The van der Waals surface area contributed by atoms with Crippen LogP contribution in [-0.2, 0) is 17.9 Å². The first-order valence-corrected chi connectivity index (χ1v) is 10.2. The third-order valence-electron chi connectivity index (χ3n) is 5.00. The summed E-state index contributed by atoms with van der Waals surface area (Å²) in [6.45, 7) is 2.69. The SMILES string of the molecule is CC(Oc1ccc2ccc(=O)oc2c1)C(=O)N(Cc1ccccc1)Cc1ccccc1. The Kier molecular flexibility index (Phi) is 6.13. The summed E-state index contributed by atoms with van der Waals surface area (Å²) in [4.78, 5) is 26.6. The summed E-state index contributed by atoms with van der Waals surface area (Å²) in [5.74, 6) is 0.351. The fourth-order valence-corrected chi connectivity index (χ4v) is 3.45. The predicted molar refractivity (Wildman–Crippen MR) is 120 cm³/mol. The third-order valence-corrected chi connectivity index (χ3v) is 5.00. The molecule has 0 aliphatic rings. The van der Waals surface area contributed by atoms with Gasteiger partial charge in [0.05, 0.1) is 0 Å². The monoisotopic (exact) mass is 413 g/mol. The van der Waals surface area contributed by atoms with Gasteiger partial charge < -0.3 is 14.1 Å². The topological polar surface area (TPSA) is 59.8 Å². The lowest BCUT2D eigenvalue weighted by Gasteiger charge is -2.26. The first-order valence-electron chi connectivity index (χ1n) is 10.2. The van der Waals surface area contributed by atoms with Gasteiger partial charge in [-0.1, -0.05) is 60.7 Å². The van der Waals surface area contributed by atoms with Crippen molar-refractivity contribution in [1.29, 1.82) is 0 Å². The van der Waals surface area contributed by atoms with Crippen LogP contribution in [0.25, 0.3) is 11.0 Å². The standard InChI is InChI=1S/C26H23NO4/c1-19(30-23-14-12-22-13-15-25(28)31-24(22)16-23)26(29)27(17-20-8-4-2-5-9-20)18-21-10-6-3-7-11-21/h2-16,19H,17-18H2,1H3. The van der Waals surface area contributed by atoms with Crippen molar-refractivity contribution >= 4 is 16.9 Å². The molecule has 0 fully saturated rings. The number of fused-ring (bicyclic) bond motifs is 1. The minimum Gasteiger partial charge on any atom is -0.481 e. The molecule has 4 rings (SSSR count). The third kappa shape index (κ3) is 5.20. The van der Waals surface area contributed by atoms with E-state index in [2.05, 4.69) is 0 Å². The van der Waals surface area contributed by atoms with Crippen LogP contribution in [-0.4, -0.2) is 16.9 Å². The van der Waals surface area contributed by atoms with Crippen LogP contribution in [0.15, 0.2) is 100 Å². The molecule has 0 radical (unpaired) electrons. The van der Waals surface area contributed by atoms with Crippen LogP contribution in [0.4, 0.5) is 0 Å². The van der Waals surface area contributed by atoms with Gasteiger partial charge in [0.15, 0.2) is 6.10 Å². The van der Waals surface area contributed by atoms with Crippen molar-refractivity contribution < 1.29 is 13.9 Å². The van der Waals surface area contributed by atoms with E-state index in [0.717, 1.165) is 16.5 Å². The molecule has 0 aliphatic carbocycles. The van der Waals surface area contributed by atoms with E-state index in [4.69, 9.17) is 9.15 Å². The molecule has 0 N–H and O–H groups in total. The smallest absolute Gasteiger partial charge is 0.336 e. The molecule has 1 aromatic heterocycles. The predicted octanol–water partition coefficient (Wildman–Crippen LogP) is 4.79. The second kappa shape index (κ2) is 9.30. The summed E-state index contributed by atoms with van der Waals surface area (Å²) in [6.07, 6.45) is -0.708. The van der Waals surface area contributed by atoms with Gasteiger partial charge in [0.25, 0.3) is 5.91 Å². The van der Waals surface area contributed by atoms with Gasteiger partial charge in [0.2, 0.25) is 0 Å². The largest absolute Gasteiger partial charge is 0.481 e. The molecule has 0 saturated carbocycles. The van der Waals surface area contributed by atoms with Gasteiger partial charge in [-0.15, -0.1) is 0 Å². The fraction of sp³-hybridized carbons (Fsp3) is 0.154. The van der Waals surface area contributed by atoms with E-state index in [-0.39, 0.29) is 5.91 Å². The summed E-state index contributed by atoms with van der Waals surface area (Å²) in [7, 11) is 0. The maximum absolute atomic E-state index is 13.3. The molecule has 5 nitrogen and oxygen atoms in total. The van der Waals surface area contributed by atoms with E-state index in [1.54, 1.807) is 36.1 Å². The Morgan fingerprint density at radius 3 is 2.06 bits per heavy atom. The lowest BCUT2D eigenvalue weighted by Crippen LogP contribution is -2.39. The van der Waals surface area contributed by atoms with Crippen LogP contribution in [0, 0.1) is 0 Å². The normalized spacial score (nSPS) is 11.8. The first kappa shape index (κ1) is 20.4. The second-order valence-electron chi connectivity index (χ2n) is 7.38. The van der Waals surface area contributed by atoms with Crippen molar-refractivity contribution in [3.63, 3.8) is 0 Å². The Balaban J connectivity index is 1.54. The molecule has 156 valence electrons. The van der Waals surface area contributed by atoms with Crippen LogP contribution in [0.2, 0.25) is 0 Å². The van der Waals surface area contributed by atoms with Crippen LogP contribution in [0.1, 0.15) is 18.1 Å². The van der Waals surface area contributed by atoms with Gasteiger partial charge in [-0.05, 0) is 36.2 Å². The number of carbonyl (C=O) groups excluding carboxylic acids is 1. The van der Waals surface area contributed by atoms with Gasteiger partial charge in [0, 0.05) is 30.6 Å². The molecule has 31 heavy (non-hydrogen) atoms. The Morgan fingerprint density at radius 1 is 0.871 bits per heavy atom. The van der Waals surface area contributed by atoms with E-state index >= 15 is 0 Å². The van der Waals surface area contributed by atoms with Crippen molar-refractivity contribution in [1.82, 2.24) is 4.90 Å². The molecule has 3 aromatic carbocycles. The second-order valence-corrected chi connectivity index (χ2v) is 7.38. The number of rotatable bonds is 7. The minimum absolute atomic E-state index is 0.123. The summed E-state index contributed by atoms with van der Waals surface area (Å²) >= 11 is 0. The number of benzene rings is 3. The highest BCUT2D eigenvalue weighted by Crippen LogP contribution is 2.21. The molecular formula is C26H23NO4. The van der Waals surface area contributed by atoms with Gasteiger partial charge in [0.1, 0.15) is 11.3 Å². The highest BCUT2D eigenvalue weighted by molar-refractivity contribution is 5.81. The van der Waals surface area contributed by atoms with Gasteiger partial charge in [-0.3, -0.25) is 4.79 Å². The van der Waals surface area contributed by atoms with Crippen LogP contribution in [0.3, 0.4) is 0 Å². The van der Waals surface area contributed by atoms with Crippen molar-refractivity contribution in [2.24, 2.45) is 0 Å². The lowest BCUT2D eigenvalue weighted by molar-refractivity contribution is -0.139. The van der Waals surface area contributed by atoms with Crippen molar-refractivity contribution in [2.45, 2.75) is 26.1 Å². The Bertz CT molecular complexity index is 1180. The van der Waals surface area contributed by atoms with Crippen LogP contribution < -0.4 is 10.4 Å². The summed E-state index contributed by atoms with van der Waals surface area (Å²) in [5.41, 5.74) is 2.10. The average molecular weight is 413 g/mol. The highest BCUT2D eigenvalue weighted by atomic mass is 16.5. The lowest BCUT2D eigenvalue weighted by atomic mass is 10.1. The quantitative estimate of drug-likeness (QED) is 0.409. The van der Waals surface area contributed by atoms with E-state index < -0.39 is 11.7 Å². The highest BCUT2D eigenvalue weighted by Gasteiger charge is 2.23. The molecule has 1 heterocycles. The molecule has 4 aromatic rings. The number of hydrogen-bond acceptors (Lipinski definition) is 4. The summed E-state index contributed by atoms with van der Waals surface area (Å²) < 4.78 is 11.1. The number of ether oxygens (including phenoxy) is 1. The van der Waals surface area contributed by atoms with Crippen molar-refractivity contribution in [3.8, 4) is 5.75 Å². The fourth-order valence-electron chi connectivity index (χ4n) is 3.45. The zero-order chi connectivity index (χ0) is 21.6. The van der Waals surface area contributed by atoms with E-state index in [1.165, 1.54) is 6.07 Å². The molecule has 0 spiro atoms. The van der Waals surface area contributed by atoms with Gasteiger partial charge >= 0.3 is 5.63 Å². The minimum atomic E-state index is -0.708. The first-order chi connectivity index (χ1) is 15.1. The number of carbonyl (C=O) groups is 1. The van der Waals surface area contributed by atoms with Crippen molar-refractivity contribution in [2.75, 3.05) is 0 Å². The molecule has 1 unspecified atom stereocenters. The van der Waals surface area contributed by atoms with E-state index in [9.17, 15) is 9.59 Å². The number of hydrogen-bond donors (Lipinski definition) is 0. The maximum atomic E-state index is 13.3. The summed E-state index contributed by atoms with van der Waals surface area (Å²) in [5, 5.41) is 0.792. The van der Waals surface area contributed by atoms with Gasteiger partial charge in [-0.25, -0.2) is 4.79 Å². The van der Waals surface area contributed by atoms with E-state index in [0.29, 0.717) is 24.4 Å². The Hall–Kier alpha value is -3.86. The van der Waals surface area contributed by atoms with Gasteiger partial charge in [-0.2, -0.15) is 0 Å². The number of amides is 1. The molecule has 0 aliphatic heterocycles. The van der Waals surface area contributed by atoms with E-state index in [1.807, 2.05) is 60.7 Å². The Labute approximate surface area is 180 Å². The molecule has 5 heteroatoms. The zero-order valence-electron chi connectivity index (χ0n) is 17.2. The molecule has 0 saturated heterocycles. The molecular weight excluding hydrogens is 390 g/mol. The maximum Gasteiger partial charge on any atom is 0.336 e. The van der Waals surface area contributed by atoms with Crippen LogP contribution in [0.5, 0.6) is 5.75 Å². The number of nitrogens with zero attached hydrogens (tertiary/aromatic N) is 1.